The minimum Gasteiger partial charge on any atom is -0.368 e. The molecule has 3 aliphatic heterocycles. The van der Waals surface area contributed by atoms with Crippen molar-refractivity contribution in [2.24, 2.45) is 5.92 Å². The van der Waals surface area contributed by atoms with Crippen molar-refractivity contribution in [1.29, 1.82) is 0 Å². The number of nitrogens with zero attached hydrogens (tertiary/aromatic N) is 5. The van der Waals surface area contributed by atoms with Gasteiger partial charge in [0.1, 0.15) is 6.10 Å². The molecule has 3 amide bonds. The monoisotopic (exact) mass is 403 g/mol. The molecule has 0 unspecified atom stereocenters. The molecule has 2 atom stereocenters. The molecule has 9 nitrogen and oxygen atoms in total. The van der Waals surface area contributed by atoms with Crippen molar-refractivity contribution in [3.8, 4) is 0 Å². The summed E-state index contributed by atoms with van der Waals surface area (Å²) in [4.78, 5) is 43.2. The second-order valence-corrected chi connectivity index (χ2v) is 8.33. The standard InChI is InChI=1S/C20H29N5O4/c1-14(2)25-13-16(11-21-25)24-12-15(10-18(24)26)19(27)22-5-7-23(8-6-22)20(28)17-4-3-9-29-17/h11,13-15,17H,3-10,12H2,1-2H3/t15-,17+/m0/s1. The van der Waals surface area contributed by atoms with Gasteiger partial charge in [0.15, 0.2) is 0 Å². The number of carbonyl (C=O) groups is 3. The zero-order valence-corrected chi connectivity index (χ0v) is 17.1. The van der Waals surface area contributed by atoms with E-state index in [4.69, 9.17) is 4.74 Å². The second-order valence-electron chi connectivity index (χ2n) is 8.33. The molecule has 1 aromatic heterocycles. The normalized spacial score (nSPS) is 25.3. The smallest absolute Gasteiger partial charge is 0.251 e. The van der Waals surface area contributed by atoms with Crippen molar-refractivity contribution in [3.63, 3.8) is 0 Å². The molecule has 0 N–H and O–H groups in total. The molecule has 0 aromatic carbocycles. The zero-order valence-electron chi connectivity index (χ0n) is 17.1. The van der Waals surface area contributed by atoms with E-state index >= 15 is 0 Å². The highest BCUT2D eigenvalue weighted by Gasteiger charge is 2.39. The Bertz CT molecular complexity index is 778. The summed E-state index contributed by atoms with van der Waals surface area (Å²) in [5.41, 5.74) is 0.742. The summed E-state index contributed by atoms with van der Waals surface area (Å²) in [6.07, 6.45) is 5.15. The third-order valence-corrected chi connectivity index (χ3v) is 6.01. The van der Waals surface area contributed by atoms with Crippen LogP contribution in [0.1, 0.15) is 39.2 Å². The summed E-state index contributed by atoms with van der Waals surface area (Å²) >= 11 is 0. The van der Waals surface area contributed by atoms with Gasteiger partial charge in [-0.1, -0.05) is 0 Å². The molecule has 3 aliphatic rings. The Morgan fingerprint density at radius 1 is 1.14 bits per heavy atom. The first kappa shape index (κ1) is 19.9. The van der Waals surface area contributed by atoms with E-state index in [2.05, 4.69) is 5.10 Å². The molecular weight excluding hydrogens is 374 g/mol. The van der Waals surface area contributed by atoms with E-state index in [1.54, 1.807) is 20.9 Å². The first-order chi connectivity index (χ1) is 13.9. The van der Waals surface area contributed by atoms with E-state index in [9.17, 15) is 14.4 Å². The molecule has 0 spiro atoms. The SMILES string of the molecule is CC(C)n1cc(N2C[C@@H](C(=O)N3CCN(C(=O)[C@H]4CCCO4)CC3)CC2=O)cn1. The van der Waals surface area contributed by atoms with Gasteiger partial charge in [-0.05, 0) is 26.7 Å². The molecule has 158 valence electrons. The second kappa shape index (κ2) is 8.14. The topological polar surface area (TPSA) is 88.0 Å². The average Bonchev–Trinajstić information content (AvgIpc) is 3.47. The van der Waals surface area contributed by atoms with Gasteiger partial charge in [0.25, 0.3) is 5.91 Å². The van der Waals surface area contributed by atoms with Gasteiger partial charge in [-0.25, -0.2) is 0 Å². The average molecular weight is 403 g/mol. The third kappa shape index (κ3) is 4.01. The molecule has 3 fully saturated rings. The van der Waals surface area contributed by atoms with E-state index < -0.39 is 0 Å². The fourth-order valence-corrected chi connectivity index (χ4v) is 4.25. The van der Waals surface area contributed by atoms with Crippen molar-refractivity contribution < 1.29 is 19.1 Å². The molecular formula is C20H29N5O4. The molecule has 0 radical (unpaired) electrons. The van der Waals surface area contributed by atoms with Gasteiger partial charge in [-0.2, -0.15) is 5.10 Å². The number of piperazine rings is 1. The van der Waals surface area contributed by atoms with Crippen LogP contribution >= 0.6 is 0 Å². The molecule has 3 saturated heterocycles. The van der Waals surface area contributed by atoms with Gasteiger partial charge in [0.2, 0.25) is 11.8 Å². The highest BCUT2D eigenvalue weighted by Crippen LogP contribution is 2.27. The number of amides is 3. The predicted octanol–water partition coefficient (Wildman–Crippen LogP) is 0.667. The lowest BCUT2D eigenvalue weighted by Crippen LogP contribution is -2.54. The van der Waals surface area contributed by atoms with Crippen molar-refractivity contribution in [1.82, 2.24) is 19.6 Å². The van der Waals surface area contributed by atoms with E-state index in [1.807, 2.05) is 24.7 Å². The molecule has 0 saturated carbocycles. The number of aromatic nitrogens is 2. The molecule has 1 aromatic rings. The maximum absolute atomic E-state index is 13.0. The maximum Gasteiger partial charge on any atom is 0.251 e. The summed E-state index contributed by atoms with van der Waals surface area (Å²) in [5, 5.41) is 4.29. The Morgan fingerprint density at radius 3 is 2.41 bits per heavy atom. The Kier molecular flexibility index (Phi) is 5.58. The number of anilines is 1. The Balaban J connectivity index is 1.32. The fraction of sp³-hybridized carbons (Fsp3) is 0.700. The molecule has 4 heterocycles. The van der Waals surface area contributed by atoms with Crippen molar-refractivity contribution in [2.75, 3.05) is 44.2 Å². The van der Waals surface area contributed by atoms with Gasteiger partial charge >= 0.3 is 0 Å². The van der Waals surface area contributed by atoms with Crippen molar-refractivity contribution in [2.45, 2.75) is 45.3 Å². The molecule has 9 heteroatoms. The first-order valence-electron chi connectivity index (χ1n) is 10.5. The minimum absolute atomic E-state index is 0.00122. The molecule has 0 aliphatic carbocycles. The van der Waals surface area contributed by atoms with E-state index in [-0.39, 0.29) is 42.2 Å². The summed E-state index contributed by atoms with van der Waals surface area (Å²) < 4.78 is 7.29. The van der Waals surface area contributed by atoms with Crippen LogP contribution < -0.4 is 4.90 Å². The molecule has 4 rings (SSSR count). The lowest BCUT2D eigenvalue weighted by atomic mass is 10.1. The summed E-state index contributed by atoms with van der Waals surface area (Å²) in [7, 11) is 0. The number of rotatable bonds is 4. The summed E-state index contributed by atoms with van der Waals surface area (Å²) in [6.45, 7) is 7.15. The quantitative estimate of drug-likeness (QED) is 0.737. The Hall–Kier alpha value is -2.42. The largest absolute Gasteiger partial charge is 0.368 e. The fourth-order valence-electron chi connectivity index (χ4n) is 4.25. The van der Waals surface area contributed by atoms with Gasteiger partial charge in [-0.3, -0.25) is 19.1 Å². The van der Waals surface area contributed by atoms with E-state index in [1.165, 1.54) is 0 Å². The van der Waals surface area contributed by atoms with Crippen LogP contribution in [0.5, 0.6) is 0 Å². The first-order valence-corrected chi connectivity index (χ1v) is 10.5. The van der Waals surface area contributed by atoms with E-state index in [0.717, 1.165) is 18.5 Å². The highest BCUT2D eigenvalue weighted by atomic mass is 16.5. The molecule has 0 bridgehead atoms. The van der Waals surface area contributed by atoms with Crippen molar-refractivity contribution in [3.05, 3.63) is 12.4 Å². The van der Waals surface area contributed by atoms with Gasteiger partial charge in [0, 0.05) is 58.0 Å². The Morgan fingerprint density at radius 2 is 1.83 bits per heavy atom. The van der Waals surface area contributed by atoms with Gasteiger partial charge in [-0.15, -0.1) is 0 Å². The molecule has 29 heavy (non-hydrogen) atoms. The lowest BCUT2D eigenvalue weighted by molar-refractivity contribution is -0.147. The number of hydrogen-bond donors (Lipinski definition) is 0. The number of ether oxygens (including phenoxy) is 1. The Labute approximate surface area is 170 Å². The van der Waals surface area contributed by atoms with Crippen LogP contribution in [0.3, 0.4) is 0 Å². The van der Waals surface area contributed by atoms with Crippen LogP contribution in [-0.4, -0.2) is 82.7 Å². The summed E-state index contributed by atoms with van der Waals surface area (Å²) in [6, 6.07) is 0.215. The van der Waals surface area contributed by atoms with Crippen molar-refractivity contribution >= 4 is 23.4 Å². The minimum atomic E-state index is -0.342. The number of hydrogen-bond acceptors (Lipinski definition) is 5. The lowest BCUT2D eigenvalue weighted by Gasteiger charge is -2.36. The predicted molar refractivity (Wildman–Crippen MR) is 105 cm³/mol. The number of carbonyl (C=O) groups excluding carboxylic acids is 3. The summed E-state index contributed by atoms with van der Waals surface area (Å²) in [5.74, 6) is -0.343. The maximum atomic E-state index is 13.0. The van der Waals surface area contributed by atoms with Crippen LogP contribution in [0, 0.1) is 5.92 Å². The van der Waals surface area contributed by atoms with Crippen LogP contribution in [-0.2, 0) is 19.1 Å². The van der Waals surface area contributed by atoms with Crippen LogP contribution in [0.15, 0.2) is 12.4 Å². The van der Waals surface area contributed by atoms with Crippen LogP contribution in [0.25, 0.3) is 0 Å². The third-order valence-electron chi connectivity index (χ3n) is 6.01. The van der Waals surface area contributed by atoms with Gasteiger partial charge < -0.3 is 19.4 Å². The zero-order chi connectivity index (χ0) is 20.5. The van der Waals surface area contributed by atoms with Crippen LogP contribution in [0.2, 0.25) is 0 Å². The van der Waals surface area contributed by atoms with Crippen LogP contribution in [0.4, 0.5) is 5.69 Å². The van der Waals surface area contributed by atoms with E-state index in [0.29, 0.717) is 39.3 Å². The van der Waals surface area contributed by atoms with Gasteiger partial charge in [0.05, 0.1) is 17.8 Å². The highest BCUT2D eigenvalue weighted by molar-refractivity contribution is 6.00.